The van der Waals surface area contributed by atoms with Gasteiger partial charge in [-0.15, -0.1) is 0 Å². The van der Waals surface area contributed by atoms with Gasteiger partial charge in [0.1, 0.15) is 17.3 Å². The zero-order chi connectivity index (χ0) is 21.8. The Bertz CT molecular complexity index is 1250. The second-order valence-electron chi connectivity index (χ2n) is 6.89. The number of nitrogens with one attached hydrogen (secondary N) is 1. The molecule has 0 radical (unpaired) electrons. The highest BCUT2D eigenvalue weighted by Gasteiger charge is 2.13. The number of aromatic nitrogens is 2. The molecule has 7 heteroatoms. The normalized spacial score (nSPS) is 11.0. The highest BCUT2D eigenvalue weighted by Crippen LogP contribution is 2.23. The summed E-state index contributed by atoms with van der Waals surface area (Å²) in [6.07, 6.45) is 3.24. The van der Waals surface area contributed by atoms with Crippen LogP contribution in [0.5, 0.6) is 5.75 Å². The predicted octanol–water partition coefficient (Wildman–Crippen LogP) is 4.46. The molecule has 0 bridgehead atoms. The molecule has 154 valence electrons. The standard InChI is InChI=1S/C24H19FN4O2/c1-16-6-5-9-21(23(16)30)24(31)27-26-14-18-15-29(20-7-3-2-4-8-20)28-22(18)17-10-12-19(25)13-11-17/h2-15,30H,1H3,(H,27,31). The maximum absolute atomic E-state index is 13.4. The van der Waals surface area contributed by atoms with Gasteiger partial charge in [0, 0.05) is 17.3 Å². The minimum absolute atomic E-state index is 0.0842. The van der Waals surface area contributed by atoms with E-state index < -0.39 is 5.91 Å². The number of carbonyl (C=O) groups excluding carboxylic acids is 1. The number of benzene rings is 3. The van der Waals surface area contributed by atoms with E-state index in [-0.39, 0.29) is 17.1 Å². The van der Waals surface area contributed by atoms with Crippen LogP contribution < -0.4 is 5.43 Å². The molecule has 0 aliphatic carbocycles. The average Bonchev–Trinajstić information content (AvgIpc) is 3.21. The van der Waals surface area contributed by atoms with Crippen LogP contribution in [0.1, 0.15) is 21.5 Å². The van der Waals surface area contributed by atoms with Gasteiger partial charge in [-0.2, -0.15) is 10.2 Å². The van der Waals surface area contributed by atoms with Gasteiger partial charge >= 0.3 is 0 Å². The highest BCUT2D eigenvalue weighted by molar-refractivity contribution is 5.98. The van der Waals surface area contributed by atoms with Crippen LogP contribution in [0.15, 0.2) is 84.1 Å². The number of hydrogen-bond acceptors (Lipinski definition) is 4. The molecule has 4 rings (SSSR count). The van der Waals surface area contributed by atoms with E-state index in [1.807, 2.05) is 30.3 Å². The van der Waals surface area contributed by atoms with Gasteiger partial charge in [0.2, 0.25) is 0 Å². The van der Waals surface area contributed by atoms with Crippen molar-refractivity contribution in [3.05, 3.63) is 102 Å². The Morgan fingerprint density at radius 2 is 1.81 bits per heavy atom. The van der Waals surface area contributed by atoms with E-state index in [1.54, 1.807) is 42.1 Å². The fourth-order valence-corrected chi connectivity index (χ4v) is 3.09. The maximum Gasteiger partial charge on any atom is 0.275 e. The van der Waals surface area contributed by atoms with Crippen LogP contribution in [0.25, 0.3) is 16.9 Å². The molecule has 0 spiro atoms. The third-order valence-electron chi connectivity index (χ3n) is 4.73. The Labute approximate surface area is 178 Å². The Hall–Kier alpha value is -4.26. The molecule has 1 aromatic heterocycles. The van der Waals surface area contributed by atoms with Crippen molar-refractivity contribution in [2.45, 2.75) is 6.92 Å². The van der Waals surface area contributed by atoms with Gasteiger partial charge in [-0.1, -0.05) is 30.3 Å². The molecule has 0 saturated carbocycles. The van der Waals surface area contributed by atoms with Crippen molar-refractivity contribution in [2.75, 3.05) is 0 Å². The SMILES string of the molecule is Cc1cccc(C(=O)NN=Cc2cn(-c3ccccc3)nc2-c2ccc(F)cc2)c1O. The summed E-state index contributed by atoms with van der Waals surface area (Å²) in [6, 6.07) is 20.4. The summed E-state index contributed by atoms with van der Waals surface area (Å²) in [4.78, 5) is 12.4. The average molecular weight is 414 g/mol. The number of para-hydroxylation sites is 2. The summed E-state index contributed by atoms with van der Waals surface area (Å²) in [5.41, 5.74) is 5.93. The Morgan fingerprint density at radius 3 is 2.55 bits per heavy atom. The second kappa shape index (κ2) is 8.62. The summed E-state index contributed by atoms with van der Waals surface area (Å²) in [6.45, 7) is 1.71. The zero-order valence-electron chi connectivity index (χ0n) is 16.7. The molecule has 0 aliphatic heterocycles. The number of aryl methyl sites for hydroxylation is 1. The number of carbonyl (C=O) groups is 1. The van der Waals surface area contributed by atoms with Crippen molar-refractivity contribution < 1.29 is 14.3 Å². The van der Waals surface area contributed by atoms with E-state index in [1.165, 1.54) is 24.4 Å². The number of halogens is 1. The molecule has 1 heterocycles. The van der Waals surface area contributed by atoms with Crippen molar-refractivity contribution in [3.63, 3.8) is 0 Å². The molecule has 0 aliphatic rings. The van der Waals surface area contributed by atoms with Crippen molar-refractivity contribution in [3.8, 4) is 22.7 Å². The number of phenols is 1. The van der Waals surface area contributed by atoms with E-state index in [0.717, 1.165) is 5.69 Å². The Kier molecular flexibility index (Phi) is 5.57. The zero-order valence-corrected chi connectivity index (χ0v) is 16.7. The number of aromatic hydroxyl groups is 1. The third kappa shape index (κ3) is 4.35. The summed E-state index contributed by atoms with van der Waals surface area (Å²) in [5, 5.41) is 18.7. The number of hydrogen-bond donors (Lipinski definition) is 2. The third-order valence-corrected chi connectivity index (χ3v) is 4.73. The predicted molar refractivity (Wildman–Crippen MR) is 117 cm³/mol. The van der Waals surface area contributed by atoms with Gasteiger partial charge in [-0.3, -0.25) is 4.79 Å². The largest absolute Gasteiger partial charge is 0.507 e. The fraction of sp³-hybridized carbons (Fsp3) is 0.0417. The van der Waals surface area contributed by atoms with Crippen LogP contribution in [-0.4, -0.2) is 27.0 Å². The minimum Gasteiger partial charge on any atom is -0.507 e. The summed E-state index contributed by atoms with van der Waals surface area (Å²) < 4.78 is 15.1. The minimum atomic E-state index is -0.531. The lowest BCUT2D eigenvalue weighted by Gasteiger charge is -2.05. The maximum atomic E-state index is 13.4. The molecule has 0 atom stereocenters. The first-order valence-electron chi connectivity index (χ1n) is 9.56. The Balaban J connectivity index is 1.64. The molecule has 4 aromatic rings. The van der Waals surface area contributed by atoms with Gasteiger partial charge in [-0.25, -0.2) is 14.5 Å². The second-order valence-corrected chi connectivity index (χ2v) is 6.89. The van der Waals surface area contributed by atoms with Crippen LogP contribution in [0.2, 0.25) is 0 Å². The van der Waals surface area contributed by atoms with Gasteiger partial charge in [0.25, 0.3) is 5.91 Å². The Morgan fingerprint density at radius 1 is 1.06 bits per heavy atom. The molecule has 6 nitrogen and oxygen atoms in total. The molecule has 0 unspecified atom stereocenters. The summed E-state index contributed by atoms with van der Waals surface area (Å²) >= 11 is 0. The summed E-state index contributed by atoms with van der Waals surface area (Å²) in [5.74, 6) is -0.956. The fourth-order valence-electron chi connectivity index (χ4n) is 3.09. The molecule has 0 fully saturated rings. The van der Waals surface area contributed by atoms with Crippen molar-refractivity contribution in [1.29, 1.82) is 0 Å². The first kappa shape index (κ1) is 20.0. The highest BCUT2D eigenvalue weighted by atomic mass is 19.1. The quantitative estimate of drug-likeness (QED) is 0.374. The van der Waals surface area contributed by atoms with E-state index in [4.69, 9.17) is 0 Å². The lowest BCUT2D eigenvalue weighted by atomic mass is 10.1. The van der Waals surface area contributed by atoms with Crippen molar-refractivity contribution in [1.82, 2.24) is 15.2 Å². The number of rotatable bonds is 5. The van der Waals surface area contributed by atoms with E-state index in [2.05, 4.69) is 15.6 Å². The molecule has 31 heavy (non-hydrogen) atoms. The number of phenolic OH excluding ortho intramolecular Hbond substituents is 1. The van der Waals surface area contributed by atoms with Crippen molar-refractivity contribution >= 4 is 12.1 Å². The molecular formula is C24H19FN4O2. The molecular weight excluding hydrogens is 395 g/mol. The van der Waals surface area contributed by atoms with Gasteiger partial charge in [0.15, 0.2) is 0 Å². The number of nitrogens with zero attached hydrogens (tertiary/aromatic N) is 3. The lowest BCUT2D eigenvalue weighted by Crippen LogP contribution is -2.17. The number of amides is 1. The van der Waals surface area contributed by atoms with Crippen LogP contribution in [0.4, 0.5) is 4.39 Å². The van der Waals surface area contributed by atoms with E-state index in [9.17, 15) is 14.3 Å². The van der Waals surface area contributed by atoms with Crippen LogP contribution >= 0.6 is 0 Å². The molecule has 3 aromatic carbocycles. The van der Waals surface area contributed by atoms with Crippen molar-refractivity contribution in [2.24, 2.45) is 5.10 Å². The monoisotopic (exact) mass is 414 g/mol. The van der Waals surface area contributed by atoms with Gasteiger partial charge in [0.05, 0.1) is 17.5 Å². The van der Waals surface area contributed by atoms with Crippen LogP contribution in [0, 0.1) is 12.7 Å². The molecule has 2 N–H and O–H groups in total. The summed E-state index contributed by atoms with van der Waals surface area (Å²) in [7, 11) is 0. The van der Waals surface area contributed by atoms with Gasteiger partial charge < -0.3 is 5.11 Å². The smallest absolute Gasteiger partial charge is 0.275 e. The van der Waals surface area contributed by atoms with E-state index in [0.29, 0.717) is 22.4 Å². The van der Waals surface area contributed by atoms with Gasteiger partial charge in [-0.05, 0) is 55.0 Å². The molecule has 1 amide bonds. The van der Waals surface area contributed by atoms with Crippen LogP contribution in [-0.2, 0) is 0 Å². The first-order chi connectivity index (χ1) is 15.0. The van der Waals surface area contributed by atoms with Crippen LogP contribution in [0.3, 0.4) is 0 Å². The number of hydrazone groups is 1. The van der Waals surface area contributed by atoms with E-state index >= 15 is 0 Å². The first-order valence-corrected chi connectivity index (χ1v) is 9.56. The lowest BCUT2D eigenvalue weighted by molar-refractivity contribution is 0.0952. The molecule has 0 saturated heterocycles. The topological polar surface area (TPSA) is 79.5 Å².